The lowest BCUT2D eigenvalue weighted by Crippen LogP contribution is -2.43. The van der Waals surface area contributed by atoms with Gasteiger partial charge in [-0.1, -0.05) is 13.3 Å². The molecule has 3 aliphatic carbocycles. The predicted octanol–water partition coefficient (Wildman–Crippen LogP) is 5.59. The average molecular weight is 395 g/mol. The van der Waals surface area contributed by atoms with E-state index in [0.717, 1.165) is 48.4 Å². The molecule has 0 saturated heterocycles. The third-order valence-corrected chi connectivity index (χ3v) is 8.14. The summed E-state index contributed by atoms with van der Waals surface area (Å²) in [6.45, 7) is 2.12. The van der Waals surface area contributed by atoms with Crippen LogP contribution >= 0.6 is 0 Å². The molecule has 1 N–H and O–H groups in total. The highest BCUT2D eigenvalue weighted by Gasteiger charge is 2.41. The average Bonchev–Trinajstić information content (AvgIpc) is 3.36. The molecule has 4 atom stereocenters. The molecule has 1 amide bonds. The Morgan fingerprint density at radius 2 is 1.93 bits per heavy atom. The monoisotopic (exact) mass is 394 g/mol. The summed E-state index contributed by atoms with van der Waals surface area (Å²) in [6.07, 6.45) is 11.3. The smallest absolute Gasteiger partial charge is 0.223 e. The van der Waals surface area contributed by atoms with Gasteiger partial charge in [0.25, 0.3) is 0 Å². The number of carbonyl (C=O) groups is 1. The number of pyridine rings is 1. The van der Waals surface area contributed by atoms with Crippen molar-refractivity contribution in [2.24, 2.45) is 23.7 Å². The predicted molar refractivity (Wildman–Crippen MR) is 113 cm³/mol. The van der Waals surface area contributed by atoms with Crippen molar-refractivity contribution in [3.63, 3.8) is 0 Å². The molecule has 3 fully saturated rings. The van der Waals surface area contributed by atoms with Gasteiger partial charge in [-0.25, -0.2) is 4.39 Å². The second-order valence-corrected chi connectivity index (χ2v) is 9.75. The van der Waals surface area contributed by atoms with Gasteiger partial charge < -0.3 is 5.32 Å². The van der Waals surface area contributed by atoms with Crippen LogP contribution in [0.15, 0.2) is 30.5 Å². The molecule has 3 nitrogen and oxygen atoms in total. The van der Waals surface area contributed by atoms with Crippen molar-refractivity contribution in [2.75, 3.05) is 0 Å². The Morgan fingerprint density at radius 1 is 1.10 bits per heavy atom. The SMILES string of the molecule is CC(C(=O)N[C@H]1CC2CCC1C2)C1CCC(c2ccnc3ccc(F)cc23)CC1. The van der Waals surface area contributed by atoms with Crippen LogP contribution in [0.3, 0.4) is 0 Å². The lowest BCUT2D eigenvalue weighted by molar-refractivity contribution is -0.127. The van der Waals surface area contributed by atoms with E-state index in [4.69, 9.17) is 0 Å². The molecule has 0 radical (unpaired) electrons. The number of carbonyl (C=O) groups excluding carboxylic acids is 1. The molecule has 5 rings (SSSR count). The maximum Gasteiger partial charge on any atom is 0.223 e. The molecule has 29 heavy (non-hydrogen) atoms. The van der Waals surface area contributed by atoms with Crippen LogP contribution in [0.1, 0.15) is 69.8 Å². The van der Waals surface area contributed by atoms with E-state index in [1.54, 1.807) is 12.1 Å². The Balaban J connectivity index is 1.21. The van der Waals surface area contributed by atoms with Crippen LogP contribution in [0.4, 0.5) is 4.39 Å². The minimum atomic E-state index is -0.202. The van der Waals surface area contributed by atoms with Crippen molar-refractivity contribution in [1.82, 2.24) is 10.3 Å². The van der Waals surface area contributed by atoms with Crippen LogP contribution < -0.4 is 5.32 Å². The number of hydrogen-bond acceptors (Lipinski definition) is 2. The van der Waals surface area contributed by atoms with Gasteiger partial charge in [0.05, 0.1) is 5.52 Å². The van der Waals surface area contributed by atoms with Crippen molar-refractivity contribution in [3.8, 4) is 0 Å². The Hall–Kier alpha value is -1.97. The first kappa shape index (κ1) is 19.0. The minimum Gasteiger partial charge on any atom is -0.353 e. The fourth-order valence-corrected chi connectivity index (χ4v) is 6.38. The molecule has 0 aliphatic heterocycles. The second kappa shape index (κ2) is 7.70. The van der Waals surface area contributed by atoms with E-state index in [1.165, 1.54) is 37.3 Å². The van der Waals surface area contributed by atoms with Gasteiger partial charge in [-0.15, -0.1) is 0 Å². The maximum atomic E-state index is 13.8. The van der Waals surface area contributed by atoms with E-state index < -0.39 is 0 Å². The molecule has 4 heteroatoms. The Bertz CT molecular complexity index is 905. The molecule has 0 spiro atoms. The Morgan fingerprint density at radius 3 is 2.66 bits per heavy atom. The highest BCUT2D eigenvalue weighted by molar-refractivity contribution is 5.82. The molecular weight excluding hydrogens is 363 g/mol. The van der Waals surface area contributed by atoms with E-state index in [1.807, 2.05) is 6.20 Å². The number of rotatable bonds is 4. The summed E-state index contributed by atoms with van der Waals surface area (Å²) >= 11 is 0. The first-order chi connectivity index (χ1) is 14.1. The molecule has 3 aliphatic rings. The van der Waals surface area contributed by atoms with Crippen molar-refractivity contribution < 1.29 is 9.18 Å². The Kier molecular flexibility index (Phi) is 5.05. The van der Waals surface area contributed by atoms with E-state index in [9.17, 15) is 9.18 Å². The zero-order valence-electron chi connectivity index (χ0n) is 17.2. The van der Waals surface area contributed by atoms with Gasteiger partial charge in [-0.2, -0.15) is 0 Å². The zero-order valence-corrected chi connectivity index (χ0v) is 17.2. The minimum absolute atomic E-state index is 0.0849. The maximum absolute atomic E-state index is 13.8. The van der Waals surface area contributed by atoms with Gasteiger partial charge in [0, 0.05) is 23.5 Å². The summed E-state index contributed by atoms with van der Waals surface area (Å²) in [5.74, 6) is 2.62. The van der Waals surface area contributed by atoms with Crippen LogP contribution in [-0.4, -0.2) is 16.9 Å². The molecule has 1 aromatic carbocycles. The molecule has 154 valence electrons. The highest BCUT2D eigenvalue weighted by atomic mass is 19.1. The Labute approximate surface area is 172 Å². The fourth-order valence-electron chi connectivity index (χ4n) is 6.38. The fraction of sp³-hybridized carbons (Fsp3) is 0.600. The van der Waals surface area contributed by atoms with Gasteiger partial charge in [-0.05, 0) is 98.4 Å². The van der Waals surface area contributed by atoms with Crippen molar-refractivity contribution in [2.45, 2.75) is 70.3 Å². The number of fused-ring (bicyclic) bond motifs is 3. The second-order valence-electron chi connectivity index (χ2n) is 9.75. The summed E-state index contributed by atoms with van der Waals surface area (Å²) in [6, 6.07) is 7.35. The first-order valence-electron chi connectivity index (χ1n) is 11.4. The number of aromatic nitrogens is 1. The largest absolute Gasteiger partial charge is 0.353 e. The van der Waals surface area contributed by atoms with Crippen molar-refractivity contribution >= 4 is 16.8 Å². The number of amides is 1. The number of nitrogens with one attached hydrogen (secondary N) is 1. The van der Waals surface area contributed by atoms with E-state index in [2.05, 4.69) is 23.3 Å². The van der Waals surface area contributed by atoms with E-state index in [-0.39, 0.29) is 17.6 Å². The van der Waals surface area contributed by atoms with Gasteiger partial charge in [-0.3, -0.25) is 9.78 Å². The molecule has 2 bridgehead atoms. The summed E-state index contributed by atoms with van der Waals surface area (Å²) in [5, 5.41) is 4.33. The third-order valence-electron chi connectivity index (χ3n) is 8.14. The molecule has 2 aromatic rings. The summed E-state index contributed by atoms with van der Waals surface area (Å²) in [5.41, 5.74) is 2.08. The molecule has 1 heterocycles. The number of nitrogens with zero attached hydrogens (tertiary/aromatic N) is 1. The lowest BCUT2D eigenvalue weighted by Gasteiger charge is -2.33. The molecular formula is C25H31FN2O. The van der Waals surface area contributed by atoms with E-state index >= 15 is 0 Å². The number of hydrogen-bond donors (Lipinski definition) is 1. The van der Waals surface area contributed by atoms with Crippen molar-refractivity contribution in [3.05, 3.63) is 41.8 Å². The molecule has 3 saturated carbocycles. The molecule has 1 aromatic heterocycles. The van der Waals surface area contributed by atoms with Crippen LogP contribution in [0, 0.1) is 29.5 Å². The lowest BCUT2D eigenvalue weighted by atomic mass is 9.73. The first-order valence-corrected chi connectivity index (χ1v) is 11.4. The number of benzene rings is 1. The summed E-state index contributed by atoms with van der Waals surface area (Å²) in [7, 11) is 0. The molecule has 3 unspecified atom stereocenters. The number of halogens is 1. The van der Waals surface area contributed by atoms with E-state index in [0.29, 0.717) is 17.9 Å². The highest BCUT2D eigenvalue weighted by Crippen LogP contribution is 2.45. The van der Waals surface area contributed by atoms with Crippen LogP contribution in [-0.2, 0) is 4.79 Å². The van der Waals surface area contributed by atoms with Gasteiger partial charge >= 0.3 is 0 Å². The van der Waals surface area contributed by atoms with Crippen LogP contribution in [0.5, 0.6) is 0 Å². The third kappa shape index (κ3) is 3.67. The van der Waals surface area contributed by atoms with Gasteiger partial charge in [0.1, 0.15) is 5.82 Å². The van der Waals surface area contributed by atoms with Gasteiger partial charge in [0.2, 0.25) is 5.91 Å². The zero-order chi connectivity index (χ0) is 20.0. The van der Waals surface area contributed by atoms with Crippen molar-refractivity contribution in [1.29, 1.82) is 0 Å². The van der Waals surface area contributed by atoms with Crippen LogP contribution in [0.25, 0.3) is 10.9 Å². The quantitative estimate of drug-likeness (QED) is 0.735. The van der Waals surface area contributed by atoms with Gasteiger partial charge in [0.15, 0.2) is 0 Å². The topological polar surface area (TPSA) is 42.0 Å². The standard InChI is InChI=1S/C25H31FN2O/c1-15(25(29)28-24-13-16-2-3-19(24)12-16)17-4-6-18(7-5-17)21-10-11-27-23-9-8-20(26)14-22(21)23/h8-11,14-19,24H,2-7,12-13H2,1H3,(H,28,29)/t15?,16?,17?,18?,19?,24-/m0/s1. The van der Waals surface area contributed by atoms with Crippen LogP contribution in [0.2, 0.25) is 0 Å². The normalized spacial score (nSPS) is 32.4. The summed E-state index contributed by atoms with van der Waals surface area (Å²) in [4.78, 5) is 17.3. The summed E-state index contributed by atoms with van der Waals surface area (Å²) < 4.78 is 13.8.